The lowest BCUT2D eigenvalue weighted by molar-refractivity contribution is 0.104. The van der Waals surface area contributed by atoms with Crippen LogP contribution in [0.2, 0.25) is 0 Å². The Morgan fingerprint density at radius 3 is 2.38 bits per heavy atom. The normalized spacial score (nSPS) is 12.8. The van der Waals surface area contributed by atoms with Gasteiger partial charge in [0, 0.05) is 11.1 Å². The molecule has 1 aliphatic carbocycles. The van der Waals surface area contributed by atoms with Gasteiger partial charge >= 0.3 is 0 Å². The molecule has 0 spiro atoms. The maximum Gasteiger partial charge on any atom is 0.197 e. The summed E-state index contributed by atoms with van der Waals surface area (Å²) in [5.74, 6) is 0.0688. The van der Waals surface area contributed by atoms with E-state index in [1.165, 1.54) is 6.26 Å². The average molecular weight is 170 g/mol. The average Bonchev–Trinajstić information content (AvgIpc) is 2.72. The number of furan rings is 1. The van der Waals surface area contributed by atoms with Gasteiger partial charge in [0.15, 0.2) is 5.78 Å². The Balaban J connectivity index is 2.43. The second-order valence-corrected chi connectivity index (χ2v) is 3.07. The van der Waals surface area contributed by atoms with Gasteiger partial charge in [0.25, 0.3) is 0 Å². The highest BCUT2D eigenvalue weighted by molar-refractivity contribution is 6.21. The first-order valence-electron chi connectivity index (χ1n) is 4.08. The number of ketones is 1. The van der Waals surface area contributed by atoms with Gasteiger partial charge in [-0.15, -0.1) is 0 Å². The van der Waals surface area contributed by atoms with Crippen molar-refractivity contribution in [1.82, 2.24) is 0 Å². The first-order valence-corrected chi connectivity index (χ1v) is 4.08. The number of hydrogen-bond acceptors (Lipinski definition) is 2. The molecule has 0 bridgehead atoms. The van der Waals surface area contributed by atoms with Crippen LogP contribution < -0.4 is 0 Å². The highest BCUT2D eigenvalue weighted by Gasteiger charge is 2.27. The standard InChI is InChI=1S/C11H6O2/c12-11-8-4-2-1-3-7(8)9-5-13-6-10(9)11/h1-6H. The molecule has 62 valence electrons. The van der Waals surface area contributed by atoms with Crippen LogP contribution in [0.3, 0.4) is 0 Å². The van der Waals surface area contributed by atoms with E-state index in [1.807, 2.05) is 24.3 Å². The molecule has 1 aromatic heterocycles. The van der Waals surface area contributed by atoms with Gasteiger partial charge in [-0.25, -0.2) is 0 Å². The number of benzene rings is 1. The van der Waals surface area contributed by atoms with Crippen LogP contribution in [0.4, 0.5) is 0 Å². The molecule has 0 saturated carbocycles. The summed E-state index contributed by atoms with van der Waals surface area (Å²) in [6, 6.07) is 7.58. The molecule has 1 aromatic carbocycles. The van der Waals surface area contributed by atoms with E-state index in [1.54, 1.807) is 6.26 Å². The van der Waals surface area contributed by atoms with Crippen molar-refractivity contribution in [2.75, 3.05) is 0 Å². The van der Waals surface area contributed by atoms with Crippen molar-refractivity contribution in [3.63, 3.8) is 0 Å². The number of carbonyl (C=O) groups is 1. The summed E-state index contributed by atoms with van der Waals surface area (Å²) in [5.41, 5.74) is 3.36. The third-order valence-electron chi connectivity index (χ3n) is 2.37. The minimum Gasteiger partial charge on any atom is -0.471 e. The van der Waals surface area contributed by atoms with E-state index in [9.17, 15) is 4.79 Å². The number of hydrogen-bond donors (Lipinski definition) is 0. The predicted octanol–water partition coefficient (Wildman–Crippen LogP) is 2.49. The SMILES string of the molecule is O=C1c2ccccc2-c2cocc21. The van der Waals surface area contributed by atoms with Crippen molar-refractivity contribution in [3.8, 4) is 11.1 Å². The first-order chi connectivity index (χ1) is 6.38. The van der Waals surface area contributed by atoms with E-state index in [4.69, 9.17) is 4.42 Å². The highest BCUT2D eigenvalue weighted by Crippen LogP contribution is 2.36. The smallest absolute Gasteiger partial charge is 0.197 e. The van der Waals surface area contributed by atoms with Crippen molar-refractivity contribution in [2.24, 2.45) is 0 Å². The molecule has 2 nitrogen and oxygen atoms in total. The Morgan fingerprint density at radius 2 is 1.54 bits per heavy atom. The van der Waals surface area contributed by atoms with Crippen LogP contribution in [0.25, 0.3) is 11.1 Å². The van der Waals surface area contributed by atoms with Gasteiger partial charge in [0.1, 0.15) is 6.26 Å². The second kappa shape index (κ2) is 2.10. The van der Waals surface area contributed by atoms with Crippen LogP contribution >= 0.6 is 0 Å². The zero-order valence-electron chi connectivity index (χ0n) is 6.78. The predicted molar refractivity (Wildman–Crippen MR) is 47.6 cm³/mol. The van der Waals surface area contributed by atoms with Crippen LogP contribution in [0.1, 0.15) is 15.9 Å². The monoisotopic (exact) mass is 170 g/mol. The lowest BCUT2D eigenvalue weighted by Gasteiger charge is -1.94. The minimum atomic E-state index is 0.0688. The molecule has 3 rings (SSSR count). The fourth-order valence-electron chi connectivity index (χ4n) is 1.74. The van der Waals surface area contributed by atoms with Gasteiger partial charge in [-0.3, -0.25) is 4.79 Å². The molecule has 1 heterocycles. The molecule has 0 aliphatic heterocycles. The van der Waals surface area contributed by atoms with E-state index in [-0.39, 0.29) is 5.78 Å². The van der Waals surface area contributed by atoms with Crippen molar-refractivity contribution >= 4 is 5.78 Å². The summed E-state index contributed by atoms with van der Waals surface area (Å²) >= 11 is 0. The largest absolute Gasteiger partial charge is 0.471 e. The van der Waals surface area contributed by atoms with Crippen LogP contribution in [0.15, 0.2) is 41.2 Å². The molecule has 0 amide bonds. The number of carbonyl (C=O) groups excluding carboxylic acids is 1. The molecule has 13 heavy (non-hydrogen) atoms. The van der Waals surface area contributed by atoms with Gasteiger partial charge in [0.2, 0.25) is 0 Å². The van der Waals surface area contributed by atoms with E-state index in [2.05, 4.69) is 0 Å². The highest BCUT2D eigenvalue weighted by atomic mass is 16.3. The fourth-order valence-corrected chi connectivity index (χ4v) is 1.74. The van der Waals surface area contributed by atoms with E-state index in [0.29, 0.717) is 5.56 Å². The third-order valence-corrected chi connectivity index (χ3v) is 2.37. The molecule has 2 heteroatoms. The quantitative estimate of drug-likeness (QED) is 0.518. The zero-order chi connectivity index (χ0) is 8.84. The van der Waals surface area contributed by atoms with Crippen molar-refractivity contribution in [3.05, 3.63) is 47.9 Å². The topological polar surface area (TPSA) is 30.2 Å². The summed E-state index contributed by atoms with van der Waals surface area (Å²) in [5, 5.41) is 0. The Morgan fingerprint density at radius 1 is 0.846 bits per heavy atom. The molecular weight excluding hydrogens is 164 g/mol. The Bertz CT molecular complexity index is 494. The van der Waals surface area contributed by atoms with Crippen LogP contribution in [0, 0.1) is 0 Å². The number of fused-ring (bicyclic) bond motifs is 3. The van der Waals surface area contributed by atoms with Crippen molar-refractivity contribution in [2.45, 2.75) is 0 Å². The molecule has 1 aliphatic rings. The molecule has 2 aromatic rings. The maximum atomic E-state index is 11.7. The first kappa shape index (κ1) is 6.66. The maximum absolute atomic E-state index is 11.7. The van der Waals surface area contributed by atoms with Crippen molar-refractivity contribution < 1.29 is 9.21 Å². The zero-order valence-corrected chi connectivity index (χ0v) is 6.78. The van der Waals surface area contributed by atoms with Gasteiger partial charge < -0.3 is 4.42 Å². The molecule has 0 fully saturated rings. The minimum absolute atomic E-state index is 0.0688. The molecule has 0 radical (unpaired) electrons. The van der Waals surface area contributed by atoms with Crippen LogP contribution in [-0.2, 0) is 0 Å². The number of rotatable bonds is 0. The molecular formula is C11H6O2. The van der Waals surface area contributed by atoms with E-state index in [0.717, 1.165) is 16.7 Å². The Hall–Kier alpha value is -1.83. The van der Waals surface area contributed by atoms with E-state index < -0.39 is 0 Å². The van der Waals surface area contributed by atoms with E-state index >= 15 is 0 Å². The fraction of sp³-hybridized carbons (Fsp3) is 0. The molecule has 0 atom stereocenters. The van der Waals surface area contributed by atoms with Gasteiger partial charge in [-0.05, 0) is 5.56 Å². The molecule has 0 saturated heterocycles. The van der Waals surface area contributed by atoms with Crippen LogP contribution in [0.5, 0.6) is 0 Å². The summed E-state index contributed by atoms with van der Waals surface area (Å²) < 4.78 is 4.99. The van der Waals surface area contributed by atoms with Crippen LogP contribution in [-0.4, -0.2) is 5.78 Å². The third kappa shape index (κ3) is 0.699. The van der Waals surface area contributed by atoms with Crippen molar-refractivity contribution in [1.29, 1.82) is 0 Å². The summed E-state index contributed by atoms with van der Waals surface area (Å²) in [7, 11) is 0. The lowest BCUT2D eigenvalue weighted by atomic mass is 10.1. The Kier molecular flexibility index (Phi) is 1.08. The summed E-state index contributed by atoms with van der Waals surface area (Å²) in [6.45, 7) is 0. The molecule has 0 unspecified atom stereocenters. The van der Waals surface area contributed by atoms with Gasteiger partial charge in [-0.1, -0.05) is 24.3 Å². The summed E-state index contributed by atoms with van der Waals surface area (Å²) in [6.07, 6.45) is 3.14. The Labute approximate surface area is 74.8 Å². The van der Waals surface area contributed by atoms with Gasteiger partial charge in [0.05, 0.1) is 11.8 Å². The summed E-state index contributed by atoms with van der Waals surface area (Å²) in [4.78, 5) is 11.7. The van der Waals surface area contributed by atoms with Gasteiger partial charge in [-0.2, -0.15) is 0 Å². The lowest BCUT2D eigenvalue weighted by Crippen LogP contribution is -1.92. The second-order valence-electron chi connectivity index (χ2n) is 3.07. The molecule has 0 N–H and O–H groups in total.